The molecule has 0 amide bonds. The lowest BCUT2D eigenvalue weighted by Crippen LogP contribution is -2.44. The average Bonchev–Trinajstić information content (AvgIpc) is 2.07. The third-order valence-electron chi connectivity index (χ3n) is 2.59. The molecule has 2 nitrogen and oxygen atoms in total. The molecule has 1 N–H and O–H groups in total. The third kappa shape index (κ3) is 2.61. The Morgan fingerprint density at radius 1 is 1.67 bits per heavy atom. The number of likely N-dealkylation sites (tertiary alicyclic amines) is 1. The van der Waals surface area contributed by atoms with Crippen LogP contribution in [0.3, 0.4) is 0 Å². The number of halogens is 1. The first-order chi connectivity index (χ1) is 5.77. The maximum Gasteiger partial charge on any atom is 0.0598 e. The standard InChI is InChI=1S/C9H18ClNO/c1-8-3-2-4-11(6-8)9(5-10)7-12/h8-9,12H,2-7H2,1H3. The van der Waals surface area contributed by atoms with Crippen molar-refractivity contribution in [3.05, 3.63) is 0 Å². The van der Waals surface area contributed by atoms with Crippen LogP contribution in [0.5, 0.6) is 0 Å². The van der Waals surface area contributed by atoms with Gasteiger partial charge in [0.15, 0.2) is 0 Å². The first-order valence-corrected chi connectivity index (χ1v) is 5.22. The third-order valence-corrected chi connectivity index (χ3v) is 2.95. The van der Waals surface area contributed by atoms with Gasteiger partial charge in [0.2, 0.25) is 0 Å². The highest BCUT2D eigenvalue weighted by Gasteiger charge is 2.22. The van der Waals surface area contributed by atoms with Crippen molar-refractivity contribution in [1.29, 1.82) is 0 Å². The van der Waals surface area contributed by atoms with Crippen LogP contribution >= 0.6 is 11.6 Å². The molecule has 1 heterocycles. The van der Waals surface area contributed by atoms with E-state index in [1.54, 1.807) is 0 Å². The van der Waals surface area contributed by atoms with Crippen molar-refractivity contribution in [1.82, 2.24) is 4.90 Å². The molecule has 0 saturated carbocycles. The van der Waals surface area contributed by atoms with Crippen molar-refractivity contribution in [3.63, 3.8) is 0 Å². The van der Waals surface area contributed by atoms with E-state index in [-0.39, 0.29) is 12.6 Å². The van der Waals surface area contributed by atoms with Crippen molar-refractivity contribution >= 4 is 11.6 Å². The van der Waals surface area contributed by atoms with Crippen LogP contribution in [-0.4, -0.2) is 41.6 Å². The summed E-state index contributed by atoms with van der Waals surface area (Å²) in [5.74, 6) is 1.31. The highest BCUT2D eigenvalue weighted by Crippen LogP contribution is 2.17. The minimum absolute atomic E-state index is 0.175. The fourth-order valence-corrected chi connectivity index (χ4v) is 2.11. The van der Waals surface area contributed by atoms with E-state index in [0.29, 0.717) is 5.88 Å². The normalized spacial score (nSPS) is 28.8. The number of piperidine rings is 1. The molecule has 12 heavy (non-hydrogen) atoms. The van der Waals surface area contributed by atoms with Gasteiger partial charge in [0, 0.05) is 18.5 Å². The van der Waals surface area contributed by atoms with Gasteiger partial charge in [-0.1, -0.05) is 6.92 Å². The van der Waals surface area contributed by atoms with Crippen LogP contribution in [0.1, 0.15) is 19.8 Å². The Kier molecular flexibility index (Phi) is 4.33. The molecule has 0 bridgehead atoms. The van der Waals surface area contributed by atoms with E-state index < -0.39 is 0 Å². The van der Waals surface area contributed by atoms with E-state index in [4.69, 9.17) is 16.7 Å². The smallest absolute Gasteiger partial charge is 0.0598 e. The molecule has 0 spiro atoms. The monoisotopic (exact) mass is 191 g/mol. The largest absolute Gasteiger partial charge is 0.395 e. The summed E-state index contributed by atoms with van der Waals surface area (Å²) in [7, 11) is 0. The molecule has 0 aromatic carbocycles. The molecule has 2 unspecified atom stereocenters. The van der Waals surface area contributed by atoms with Gasteiger partial charge in [-0.2, -0.15) is 0 Å². The van der Waals surface area contributed by atoms with Gasteiger partial charge in [-0.05, 0) is 25.3 Å². The molecule has 1 rings (SSSR count). The second-order valence-electron chi connectivity index (χ2n) is 3.73. The zero-order valence-electron chi connectivity index (χ0n) is 7.67. The topological polar surface area (TPSA) is 23.5 Å². The maximum absolute atomic E-state index is 9.04. The van der Waals surface area contributed by atoms with Crippen LogP contribution in [0.15, 0.2) is 0 Å². The fraction of sp³-hybridized carbons (Fsp3) is 1.00. The summed E-state index contributed by atoms with van der Waals surface area (Å²) in [5, 5.41) is 9.04. The average molecular weight is 192 g/mol. The minimum atomic E-state index is 0.175. The summed E-state index contributed by atoms with van der Waals surface area (Å²) in [6.07, 6.45) is 2.56. The highest BCUT2D eigenvalue weighted by atomic mass is 35.5. The second-order valence-corrected chi connectivity index (χ2v) is 4.04. The van der Waals surface area contributed by atoms with Gasteiger partial charge in [-0.3, -0.25) is 4.90 Å². The predicted octanol–water partition coefficient (Wildman–Crippen LogP) is 1.32. The molecule has 0 aromatic heterocycles. The number of hydrogen-bond donors (Lipinski definition) is 1. The molecule has 2 atom stereocenters. The molecule has 72 valence electrons. The van der Waals surface area contributed by atoms with E-state index in [9.17, 15) is 0 Å². The van der Waals surface area contributed by atoms with Gasteiger partial charge in [0.05, 0.1) is 6.61 Å². The Hall–Kier alpha value is 0.210. The Morgan fingerprint density at radius 3 is 2.92 bits per heavy atom. The van der Waals surface area contributed by atoms with Gasteiger partial charge in [0.1, 0.15) is 0 Å². The van der Waals surface area contributed by atoms with Crippen molar-refractivity contribution in [2.24, 2.45) is 5.92 Å². The lowest BCUT2D eigenvalue weighted by molar-refractivity contribution is 0.0958. The zero-order valence-corrected chi connectivity index (χ0v) is 8.43. The van der Waals surface area contributed by atoms with Gasteiger partial charge in [-0.25, -0.2) is 0 Å². The van der Waals surface area contributed by atoms with Gasteiger partial charge < -0.3 is 5.11 Å². The second kappa shape index (κ2) is 5.05. The zero-order chi connectivity index (χ0) is 8.97. The number of alkyl halides is 1. The molecule has 1 fully saturated rings. The summed E-state index contributed by atoms with van der Waals surface area (Å²) in [6.45, 7) is 4.64. The van der Waals surface area contributed by atoms with E-state index in [2.05, 4.69) is 11.8 Å². The van der Waals surface area contributed by atoms with E-state index in [1.807, 2.05) is 0 Å². The molecule has 0 radical (unpaired) electrons. The van der Waals surface area contributed by atoms with Crippen LogP contribution in [-0.2, 0) is 0 Å². The molecular weight excluding hydrogens is 174 g/mol. The summed E-state index contributed by atoms with van der Waals surface area (Å²) in [6, 6.07) is 0.175. The minimum Gasteiger partial charge on any atom is -0.395 e. The van der Waals surface area contributed by atoms with Crippen molar-refractivity contribution in [2.45, 2.75) is 25.8 Å². The number of aliphatic hydroxyl groups is 1. The summed E-state index contributed by atoms with van der Waals surface area (Å²) < 4.78 is 0. The quantitative estimate of drug-likeness (QED) is 0.681. The Morgan fingerprint density at radius 2 is 2.42 bits per heavy atom. The van der Waals surface area contributed by atoms with Crippen LogP contribution in [0.2, 0.25) is 0 Å². The maximum atomic E-state index is 9.04. The van der Waals surface area contributed by atoms with Crippen LogP contribution in [0, 0.1) is 5.92 Å². The van der Waals surface area contributed by atoms with Crippen LogP contribution < -0.4 is 0 Å². The van der Waals surface area contributed by atoms with Crippen LogP contribution in [0.25, 0.3) is 0 Å². The predicted molar refractivity (Wildman–Crippen MR) is 51.6 cm³/mol. The van der Waals surface area contributed by atoms with E-state index in [0.717, 1.165) is 19.0 Å². The highest BCUT2D eigenvalue weighted by molar-refractivity contribution is 6.18. The summed E-state index contributed by atoms with van der Waals surface area (Å²) in [5.41, 5.74) is 0. The number of nitrogens with zero attached hydrogens (tertiary/aromatic N) is 1. The molecule has 1 aliphatic heterocycles. The lowest BCUT2D eigenvalue weighted by Gasteiger charge is -2.35. The van der Waals surface area contributed by atoms with Crippen molar-refractivity contribution in [3.8, 4) is 0 Å². The molecule has 3 heteroatoms. The molecule has 0 aliphatic carbocycles. The van der Waals surface area contributed by atoms with E-state index in [1.165, 1.54) is 12.8 Å². The Balaban J connectivity index is 2.38. The summed E-state index contributed by atoms with van der Waals surface area (Å²) in [4.78, 5) is 2.31. The molecule has 1 aliphatic rings. The molecule has 0 aromatic rings. The first-order valence-electron chi connectivity index (χ1n) is 4.68. The van der Waals surface area contributed by atoms with Crippen molar-refractivity contribution in [2.75, 3.05) is 25.6 Å². The van der Waals surface area contributed by atoms with Crippen LogP contribution in [0.4, 0.5) is 0 Å². The van der Waals surface area contributed by atoms with Gasteiger partial charge in [-0.15, -0.1) is 11.6 Å². The summed E-state index contributed by atoms with van der Waals surface area (Å²) >= 11 is 5.75. The SMILES string of the molecule is CC1CCCN(C(CO)CCl)C1. The number of rotatable bonds is 3. The molecule has 1 saturated heterocycles. The van der Waals surface area contributed by atoms with E-state index >= 15 is 0 Å². The van der Waals surface area contributed by atoms with Crippen molar-refractivity contribution < 1.29 is 5.11 Å². The lowest BCUT2D eigenvalue weighted by atomic mass is 9.99. The number of aliphatic hydroxyl groups excluding tert-OH is 1. The first kappa shape index (κ1) is 10.3. The fourth-order valence-electron chi connectivity index (χ4n) is 1.82. The Bertz CT molecular complexity index is 128. The number of hydrogen-bond acceptors (Lipinski definition) is 2. The van der Waals surface area contributed by atoms with Gasteiger partial charge >= 0.3 is 0 Å². The van der Waals surface area contributed by atoms with Gasteiger partial charge in [0.25, 0.3) is 0 Å². The molecular formula is C9H18ClNO. The Labute approximate surface area is 79.5 Å².